The van der Waals surface area contributed by atoms with Crippen molar-refractivity contribution >= 4 is 16.6 Å². The van der Waals surface area contributed by atoms with Crippen molar-refractivity contribution in [3.05, 3.63) is 35.8 Å². The number of para-hydroxylation sites is 1. The Hall–Kier alpha value is -1.72. The molecule has 5 heteroatoms. The molecule has 24 heavy (non-hydrogen) atoms. The van der Waals surface area contributed by atoms with E-state index in [1.165, 1.54) is 6.07 Å². The van der Waals surface area contributed by atoms with Gasteiger partial charge in [-0.05, 0) is 38.3 Å². The Morgan fingerprint density at radius 1 is 1.25 bits per heavy atom. The molecule has 3 rings (SSSR count). The van der Waals surface area contributed by atoms with Gasteiger partial charge >= 0.3 is 0 Å². The molecule has 0 saturated carbocycles. The molecule has 0 unspecified atom stereocenters. The molecule has 1 saturated heterocycles. The number of ether oxygens (including phenoxy) is 2. The van der Waals surface area contributed by atoms with Crippen molar-refractivity contribution in [2.45, 2.75) is 32.3 Å². The fourth-order valence-electron chi connectivity index (χ4n) is 3.30. The van der Waals surface area contributed by atoms with E-state index in [0.29, 0.717) is 11.6 Å². The summed E-state index contributed by atoms with van der Waals surface area (Å²) in [5, 5.41) is 0.889. The lowest BCUT2D eigenvalue weighted by Gasteiger charge is -2.34. The Balaban J connectivity index is 1.68. The molecule has 1 aromatic carbocycles. The van der Waals surface area contributed by atoms with E-state index in [1.54, 1.807) is 13.2 Å². The SMILES string of the molecule is COCCCOC1CCN(c2cc(C)nc3c(F)cccc23)CC1. The molecule has 0 atom stereocenters. The third kappa shape index (κ3) is 3.84. The summed E-state index contributed by atoms with van der Waals surface area (Å²) in [6.07, 6.45) is 3.23. The molecule has 0 radical (unpaired) electrons. The van der Waals surface area contributed by atoms with Crippen LogP contribution in [0.3, 0.4) is 0 Å². The van der Waals surface area contributed by atoms with Gasteiger partial charge in [-0.2, -0.15) is 0 Å². The van der Waals surface area contributed by atoms with Crippen LogP contribution in [0, 0.1) is 12.7 Å². The maximum Gasteiger partial charge on any atom is 0.149 e. The molecule has 1 fully saturated rings. The van der Waals surface area contributed by atoms with E-state index in [9.17, 15) is 4.39 Å². The van der Waals surface area contributed by atoms with E-state index in [-0.39, 0.29) is 5.82 Å². The van der Waals surface area contributed by atoms with E-state index in [4.69, 9.17) is 9.47 Å². The molecule has 2 aromatic rings. The minimum Gasteiger partial charge on any atom is -0.385 e. The molecule has 0 spiro atoms. The van der Waals surface area contributed by atoms with E-state index in [2.05, 4.69) is 16.0 Å². The minimum absolute atomic E-state index is 0.256. The van der Waals surface area contributed by atoms with Crippen molar-refractivity contribution in [1.82, 2.24) is 4.98 Å². The van der Waals surface area contributed by atoms with Crippen LogP contribution in [0.1, 0.15) is 25.0 Å². The normalized spacial score (nSPS) is 16.0. The van der Waals surface area contributed by atoms with Crippen LogP contribution in [-0.2, 0) is 9.47 Å². The molecule has 0 bridgehead atoms. The van der Waals surface area contributed by atoms with Crippen molar-refractivity contribution < 1.29 is 13.9 Å². The Bertz CT molecular complexity index is 684. The van der Waals surface area contributed by atoms with Crippen LogP contribution in [0.15, 0.2) is 24.3 Å². The molecular weight excluding hydrogens is 307 g/mol. The van der Waals surface area contributed by atoms with Gasteiger partial charge in [0.05, 0.1) is 6.10 Å². The number of hydrogen-bond donors (Lipinski definition) is 0. The highest BCUT2D eigenvalue weighted by molar-refractivity contribution is 5.92. The largest absolute Gasteiger partial charge is 0.385 e. The van der Waals surface area contributed by atoms with Gasteiger partial charge in [-0.1, -0.05) is 12.1 Å². The number of aryl methyl sites for hydroxylation is 1. The summed E-state index contributed by atoms with van der Waals surface area (Å²) in [5.74, 6) is -0.256. The summed E-state index contributed by atoms with van der Waals surface area (Å²) >= 11 is 0. The number of anilines is 1. The van der Waals surface area contributed by atoms with Crippen LogP contribution in [0.25, 0.3) is 10.9 Å². The van der Waals surface area contributed by atoms with Crippen LogP contribution < -0.4 is 4.90 Å². The maximum atomic E-state index is 14.1. The highest BCUT2D eigenvalue weighted by Gasteiger charge is 2.22. The van der Waals surface area contributed by atoms with Crippen molar-refractivity contribution in [3.8, 4) is 0 Å². The number of nitrogens with zero attached hydrogens (tertiary/aromatic N) is 2. The van der Waals surface area contributed by atoms with Gasteiger partial charge in [-0.3, -0.25) is 0 Å². The quantitative estimate of drug-likeness (QED) is 0.756. The molecule has 1 aliphatic heterocycles. The highest BCUT2D eigenvalue weighted by Crippen LogP contribution is 2.30. The van der Waals surface area contributed by atoms with Crippen LogP contribution in [0.5, 0.6) is 0 Å². The van der Waals surface area contributed by atoms with Gasteiger partial charge in [0.15, 0.2) is 0 Å². The van der Waals surface area contributed by atoms with E-state index in [1.807, 2.05) is 13.0 Å². The van der Waals surface area contributed by atoms with Gasteiger partial charge in [0, 0.05) is 50.2 Å². The maximum absolute atomic E-state index is 14.1. The minimum atomic E-state index is -0.256. The summed E-state index contributed by atoms with van der Waals surface area (Å²) in [5.41, 5.74) is 2.39. The number of piperidine rings is 1. The Kier molecular flexibility index (Phi) is 5.63. The second-order valence-electron chi connectivity index (χ2n) is 6.32. The lowest BCUT2D eigenvalue weighted by Crippen LogP contribution is -2.37. The molecule has 0 N–H and O–H groups in total. The summed E-state index contributed by atoms with van der Waals surface area (Å²) in [4.78, 5) is 6.69. The zero-order valence-electron chi connectivity index (χ0n) is 14.4. The number of halogens is 1. The predicted octanol–water partition coefficient (Wildman–Crippen LogP) is 3.70. The van der Waals surface area contributed by atoms with Gasteiger partial charge in [0.25, 0.3) is 0 Å². The molecule has 4 nitrogen and oxygen atoms in total. The standard InChI is InChI=1S/C19H25FN2O2/c1-14-13-18(16-5-3-6-17(20)19(16)21-14)22-9-7-15(8-10-22)24-12-4-11-23-2/h3,5-6,13,15H,4,7-12H2,1-2H3. The number of hydrogen-bond acceptors (Lipinski definition) is 4. The topological polar surface area (TPSA) is 34.6 Å². The predicted molar refractivity (Wildman–Crippen MR) is 94.1 cm³/mol. The summed E-state index contributed by atoms with van der Waals surface area (Å²) in [6, 6.07) is 7.23. The molecule has 0 aliphatic carbocycles. The zero-order valence-corrected chi connectivity index (χ0v) is 14.4. The molecule has 2 heterocycles. The molecular formula is C19H25FN2O2. The summed E-state index contributed by atoms with van der Waals surface area (Å²) < 4.78 is 25.0. The number of benzene rings is 1. The van der Waals surface area contributed by atoms with Crippen molar-refractivity contribution in [1.29, 1.82) is 0 Å². The molecule has 130 valence electrons. The Morgan fingerprint density at radius 2 is 2.04 bits per heavy atom. The molecule has 1 aliphatic rings. The van der Waals surface area contributed by atoms with Gasteiger partial charge in [0.1, 0.15) is 11.3 Å². The van der Waals surface area contributed by atoms with E-state index < -0.39 is 0 Å². The molecule has 0 amide bonds. The van der Waals surface area contributed by atoms with Gasteiger partial charge < -0.3 is 14.4 Å². The van der Waals surface area contributed by atoms with Crippen LogP contribution in [-0.4, -0.2) is 44.5 Å². The Morgan fingerprint density at radius 3 is 2.79 bits per heavy atom. The zero-order chi connectivity index (χ0) is 16.9. The fourth-order valence-corrected chi connectivity index (χ4v) is 3.30. The van der Waals surface area contributed by atoms with Crippen LogP contribution >= 0.6 is 0 Å². The van der Waals surface area contributed by atoms with Gasteiger partial charge in [-0.15, -0.1) is 0 Å². The van der Waals surface area contributed by atoms with Crippen molar-refractivity contribution in [2.24, 2.45) is 0 Å². The number of fused-ring (bicyclic) bond motifs is 1. The Labute approximate surface area is 142 Å². The average Bonchev–Trinajstić information content (AvgIpc) is 2.60. The number of methoxy groups -OCH3 is 1. The first-order valence-electron chi connectivity index (χ1n) is 8.60. The van der Waals surface area contributed by atoms with Crippen LogP contribution in [0.2, 0.25) is 0 Å². The molecule has 1 aromatic heterocycles. The number of aromatic nitrogens is 1. The first-order valence-corrected chi connectivity index (χ1v) is 8.60. The van der Waals surface area contributed by atoms with E-state index in [0.717, 1.165) is 62.3 Å². The smallest absolute Gasteiger partial charge is 0.149 e. The lowest BCUT2D eigenvalue weighted by molar-refractivity contribution is 0.0258. The summed E-state index contributed by atoms with van der Waals surface area (Å²) in [7, 11) is 1.71. The summed E-state index contributed by atoms with van der Waals surface area (Å²) in [6.45, 7) is 5.25. The van der Waals surface area contributed by atoms with Crippen molar-refractivity contribution in [2.75, 3.05) is 38.3 Å². The first kappa shape index (κ1) is 17.1. The van der Waals surface area contributed by atoms with Gasteiger partial charge in [0.2, 0.25) is 0 Å². The second kappa shape index (κ2) is 7.90. The number of rotatable bonds is 6. The highest BCUT2D eigenvalue weighted by atomic mass is 19.1. The monoisotopic (exact) mass is 332 g/mol. The second-order valence-corrected chi connectivity index (χ2v) is 6.32. The van der Waals surface area contributed by atoms with Crippen molar-refractivity contribution in [3.63, 3.8) is 0 Å². The van der Waals surface area contributed by atoms with Gasteiger partial charge in [-0.25, -0.2) is 9.37 Å². The third-order valence-electron chi connectivity index (χ3n) is 4.53. The fraction of sp³-hybridized carbons (Fsp3) is 0.526. The lowest BCUT2D eigenvalue weighted by atomic mass is 10.0. The number of pyridine rings is 1. The van der Waals surface area contributed by atoms with E-state index >= 15 is 0 Å². The van der Waals surface area contributed by atoms with Crippen LogP contribution in [0.4, 0.5) is 10.1 Å². The third-order valence-corrected chi connectivity index (χ3v) is 4.53. The average molecular weight is 332 g/mol. The first-order chi connectivity index (χ1) is 11.7.